The first-order valence-corrected chi connectivity index (χ1v) is 8.62. The molecule has 2 heterocycles. The molecule has 0 spiro atoms. The Bertz CT molecular complexity index is 849. The van der Waals surface area contributed by atoms with Gasteiger partial charge in [-0.3, -0.25) is 0 Å². The molecule has 5 nitrogen and oxygen atoms in total. The zero-order valence-electron chi connectivity index (χ0n) is 14.8. The molecule has 0 saturated heterocycles. The summed E-state index contributed by atoms with van der Waals surface area (Å²) in [7, 11) is 4.12. The van der Waals surface area contributed by atoms with Crippen LogP contribution in [0.15, 0.2) is 54.9 Å². The van der Waals surface area contributed by atoms with Crippen molar-refractivity contribution in [2.24, 2.45) is 0 Å². The molecule has 0 amide bonds. The van der Waals surface area contributed by atoms with Gasteiger partial charge in [0.2, 0.25) is 5.95 Å². The second kappa shape index (κ2) is 6.24. The molecule has 5 heteroatoms. The van der Waals surface area contributed by atoms with Gasteiger partial charge < -0.3 is 10.2 Å². The molecule has 3 aromatic rings. The van der Waals surface area contributed by atoms with Crippen LogP contribution >= 0.6 is 0 Å². The Kier molecular flexibility index (Phi) is 3.92. The van der Waals surface area contributed by atoms with E-state index in [2.05, 4.69) is 89.8 Å². The van der Waals surface area contributed by atoms with E-state index in [9.17, 15) is 0 Å². The Balaban J connectivity index is 1.68. The molecule has 1 N–H and O–H groups in total. The summed E-state index contributed by atoms with van der Waals surface area (Å²) in [5.74, 6) is 0.832. The Hall–Kier alpha value is -2.82. The fraction of sp³-hybridized carbons (Fsp3) is 0.300. The summed E-state index contributed by atoms with van der Waals surface area (Å²) in [4.78, 5) is 6.52. The number of nitrogens with zero attached hydrogens (tertiary/aromatic N) is 4. The molecule has 1 aromatic heterocycles. The fourth-order valence-corrected chi connectivity index (χ4v) is 3.41. The molecular formula is C20H23N5. The van der Waals surface area contributed by atoms with Gasteiger partial charge in [-0.1, -0.05) is 42.0 Å². The standard InChI is InChI=1S/C20H23N5/c1-14-4-6-15(7-5-14)18-12-19(25-20(23-18)21-13-22-25)16-8-10-17(11-9-16)24(2)3/h4-11,13,18-19H,12H2,1-3H3,(H,21,22,23)/t18-,19+/m0/s1. The summed E-state index contributed by atoms with van der Waals surface area (Å²) in [5, 5.41) is 7.97. The van der Waals surface area contributed by atoms with Crippen LogP contribution in [0.3, 0.4) is 0 Å². The second-order valence-corrected chi connectivity index (χ2v) is 6.87. The van der Waals surface area contributed by atoms with Crippen LogP contribution in [0, 0.1) is 6.92 Å². The summed E-state index contributed by atoms with van der Waals surface area (Å²) in [6.07, 6.45) is 2.57. The van der Waals surface area contributed by atoms with Gasteiger partial charge in [-0.25, -0.2) is 4.68 Å². The largest absolute Gasteiger partial charge is 0.378 e. The normalized spacial score (nSPS) is 19.2. The highest BCUT2D eigenvalue weighted by Gasteiger charge is 2.29. The highest BCUT2D eigenvalue weighted by molar-refractivity contribution is 5.47. The van der Waals surface area contributed by atoms with E-state index >= 15 is 0 Å². The summed E-state index contributed by atoms with van der Waals surface area (Å²) in [6, 6.07) is 17.9. The van der Waals surface area contributed by atoms with Crippen molar-refractivity contribution in [3.8, 4) is 0 Å². The van der Waals surface area contributed by atoms with Gasteiger partial charge in [-0.2, -0.15) is 10.1 Å². The van der Waals surface area contributed by atoms with Crippen LogP contribution in [0.4, 0.5) is 11.6 Å². The van der Waals surface area contributed by atoms with Gasteiger partial charge in [0.1, 0.15) is 6.33 Å². The highest BCUT2D eigenvalue weighted by atomic mass is 15.4. The lowest BCUT2D eigenvalue weighted by Gasteiger charge is -2.32. The monoisotopic (exact) mass is 333 g/mol. The number of hydrogen-bond donors (Lipinski definition) is 1. The zero-order valence-corrected chi connectivity index (χ0v) is 14.8. The van der Waals surface area contributed by atoms with E-state index in [1.165, 1.54) is 22.4 Å². The molecule has 0 unspecified atom stereocenters. The van der Waals surface area contributed by atoms with Crippen molar-refractivity contribution in [1.82, 2.24) is 14.8 Å². The molecule has 0 aliphatic carbocycles. The Morgan fingerprint density at radius 3 is 2.36 bits per heavy atom. The summed E-state index contributed by atoms with van der Waals surface area (Å²) in [5.41, 5.74) is 5.02. The van der Waals surface area contributed by atoms with Crippen molar-refractivity contribution in [3.05, 3.63) is 71.5 Å². The lowest BCUT2D eigenvalue weighted by Crippen LogP contribution is -2.28. The number of nitrogens with one attached hydrogen (secondary N) is 1. The van der Waals surface area contributed by atoms with Crippen LogP contribution < -0.4 is 10.2 Å². The molecule has 4 rings (SSSR count). The Morgan fingerprint density at radius 1 is 1.00 bits per heavy atom. The summed E-state index contributed by atoms with van der Waals surface area (Å²) >= 11 is 0. The molecule has 0 radical (unpaired) electrons. The Labute approximate surface area is 148 Å². The van der Waals surface area contributed by atoms with Crippen molar-refractivity contribution < 1.29 is 0 Å². The van der Waals surface area contributed by atoms with Gasteiger partial charge in [0, 0.05) is 19.8 Å². The van der Waals surface area contributed by atoms with Gasteiger partial charge in [-0.15, -0.1) is 0 Å². The van der Waals surface area contributed by atoms with Crippen LogP contribution in [0.5, 0.6) is 0 Å². The number of anilines is 2. The third kappa shape index (κ3) is 2.97. The summed E-state index contributed by atoms with van der Waals surface area (Å²) < 4.78 is 2.00. The van der Waals surface area contributed by atoms with Crippen molar-refractivity contribution in [2.45, 2.75) is 25.4 Å². The molecule has 2 atom stereocenters. The van der Waals surface area contributed by atoms with Gasteiger partial charge in [0.05, 0.1) is 12.1 Å². The number of hydrogen-bond acceptors (Lipinski definition) is 4. The average molecular weight is 333 g/mol. The van der Waals surface area contributed by atoms with Gasteiger partial charge >= 0.3 is 0 Å². The van der Waals surface area contributed by atoms with E-state index in [1.54, 1.807) is 6.33 Å². The van der Waals surface area contributed by atoms with E-state index in [4.69, 9.17) is 0 Å². The van der Waals surface area contributed by atoms with Gasteiger partial charge in [-0.05, 0) is 36.6 Å². The molecule has 0 bridgehead atoms. The van der Waals surface area contributed by atoms with Crippen LogP contribution in [-0.2, 0) is 0 Å². The Morgan fingerprint density at radius 2 is 1.68 bits per heavy atom. The maximum Gasteiger partial charge on any atom is 0.222 e. The predicted molar refractivity (Wildman–Crippen MR) is 101 cm³/mol. The average Bonchev–Trinajstić information content (AvgIpc) is 3.10. The van der Waals surface area contributed by atoms with Crippen molar-refractivity contribution in [1.29, 1.82) is 0 Å². The van der Waals surface area contributed by atoms with Crippen LogP contribution in [0.25, 0.3) is 0 Å². The van der Waals surface area contributed by atoms with E-state index < -0.39 is 0 Å². The fourth-order valence-electron chi connectivity index (χ4n) is 3.41. The summed E-state index contributed by atoms with van der Waals surface area (Å²) in [6.45, 7) is 2.11. The number of aryl methyl sites for hydroxylation is 1. The third-order valence-corrected chi connectivity index (χ3v) is 4.90. The molecule has 1 aliphatic rings. The second-order valence-electron chi connectivity index (χ2n) is 6.87. The minimum absolute atomic E-state index is 0.182. The maximum absolute atomic E-state index is 4.45. The first-order chi connectivity index (χ1) is 12.1. The van der Waals surface area contributed by atoms with Crippen molar-refractivity contribution in [3.63, 3.8) is 0 Å². The first-order valence-electron chi connectivity index (χ1n) is 8.62. The minimum Gasteiger partial charge on any atom is -0.378 e. The first kappa shape index (κ1) is 15.7. The number of fused-ring (bicyclic) bond motifs is 1. The van der Waals surface area contributed by atoms with Crippen molar-refractivity contribution in [2.75, 3.05) is 24.3 Å². The predicted octanol–water partition coefficient (Wildman–Crippen LogP) is 3.80. The molecule has 1 aliphatic heterocycles. The van der Waals surface area contributed by atoms with Crippen LogP contribution in [-0.4, -0.2) is 28.9 Å². The lowest BCUT2D eigenvalue weighted by molar-refractivity contribution is 0.431. The van der Waals surface area contributed by atoms with Gasteiger partial charge in [0.25, 0.3) is 0 Å². The quantitative estimate of drug-likeness (QED) is 0.792. The van der Waals surface area contributed by atoms with E-state index in [-0.39, 0.29) is 12.1 Å². The van der Waals surface area contributed by atoms with Crippen molar-refractivity contribution >= 4 is 11.6 Å². The van der Waals surface area contributed by atoms with Crippen LogP contribution in [0.1, 0.15) is 35.2 Å². The van der Waals surface area contributed by atoms with E-state index in [1.807, 2.05) is 4.68 Å². The minimum atomic E-state index is 0.182. The smallest absolute Gasteiger partial charge is 0.222 e. The third-order valence-electron chi connectivity index (χ3n) is 4.90. The molecule has 128 valence electrons. The topological polar surface area (TPSA) is 46.0 Å². The zero-order chi connectivity index (χ0) is 17.4. The molecule has 0 fully saturated rings. The number of benzene rings is 2. The SMILES string of the molecule is Cc1ccc([C@@H]2C[C@H](c3ccc(N(C)C)cc3)n3ncnc3N2)cc1. The van der Waals surface area contributed by atoms with E-state index in [0.29, 0.717) is 0 Å². The maximum atomic E-state index is 4.45. The highest BCUT2D eigenvalue weighted by Crippen LogP contribution is 2.37. The van der Waals surface area contributed by atoms with Gasteiger partial charge in [0.15, 0.2) is 0 Å². The molecule has 2 aromatic carbocycles. The number of rotatable bonds is 3. The van der Waals surface area contributed by atoms with Crippen LogP contribution in [0.2, 0.25) is 0 Å². The number of aromatic nitrogens is 3. The molecule has 0 saturated carbocycles. The lowest BCUT2D eigenvalue weighted by atomic mass is 9.93. The molecular weight excluding hydrogens is 310 g/mol. The van der Waals surface area contributed by atoms with E-state index in [0.717, 1.165) is 12.4 Å². The molecule has 25 heavy (non-hydrogen) atoms.